The molecule has 0 radical (unpaired) electrons. The van der Waals surface area contributed by atoms with Crippen LogP contribution in [0.4, 0.5) is 5.69 Å². The van der Waals surface area contributed by atoms with Crippen LogP contribution in [-0.2, 0) is 0 Å². The first-order chi connectivity index (χ1) is 9.63. The SMILES string of the molecule is Clc1ccc(Br)c(NC2CC(c3ccccc3Br)C2)c1. The van der Waals surface area contributed by atoms with Crippen LogP contribution in [0.15, 0.2) is 51.4 Å². The average molecular weight is 416 g/mol. The summed E-state index contributed by atoms with van der Waals surface area (Å²) in [4.78, 5) is 0. The molecule has 1 saturated carbocycles. The number of nitrogens with one attached hydrogen (secondary N) is 1. The maximum atomic E-state index is 6.04. The van der Waals surface area contributed by atoms with Crippen LogP contribution < -0.4 is 5.32 Å². The third-order valence-corrected chi connectivity index (χ3v) is 5.42. The van der Waals surface area contributed by atoms with Crippen LogP contribution in [0.3, 0.4) is 0 Å². The van der Waals surface area contributed by atoms with Crippen LogP contribution in [0.2, 0.25) is 5.02 Å². The summed E-state index contributed by atoms with van der Waals surface area (Å²) in [6.45, 7) is 0. The highest BCUT2D eigenvalue weighted by Crippen LogP contribution is 2.42. The van der Waals surface area contributed by atoms with Gasteiger partial charge in [-0.05, 0) is 64.5 Å². The summed E-state index contributed by atoms with van der Waals surface area (Å²) in [5.41, 5.74) is 2.49. The van der Waals surface area contributed by atoms with Crippen molar-refractivity contribution in [2.75, 3.05) is 5.32 Å². The standard InChI is InChI=1S/C16H14Br2ClN/c17-14-4-2-1-3-13(14)10-7-12(8-10)20-16-9-11(19)5-6-15(16)18/h1-6,9-10,12,20H,7-8H2. The lowest BCUT2D eigenvalue weighted by molar-refractivity contribution is 0.373. The first kappa shape index (κ1) is 14.4. The summed E-state index contributed by atoms with van der Waals surface area (Å²) in [6, 6.07) is 14.8. The lowest BCUT2D eigenvalue weighted by atomic mass is 9.76. The molecule has 1 aliphatic carbocycles. The van der Waals surface area contributed by atoms with Crippen LogP contribution >= 0.6 is 43.5 Å². The Balaban J connectivity index is 1.64. The minimum absolute atomic E-state index is 0.516. The first-order valence-electron chi connectivity index (χ1n) is 6.59. The van der Waals surface area contributed by atoms with E-state index in [9.17, 15) is 0 Å². The summed E-state index contributed by atoms with van der Waals surface area (Å²) in [7, 11) is 0. The van der Waals surface area contributed by atoms with E-state index in [-0.39, 0.29) is 0 Å². The second-order valence-corrected chi connectivity index (χ2v) is 7.30. The molecule has 1 N–H and O–H groups in total. The molecule has 1 aliphatic rings. The van der Waals surface area contributed by atoms with Crippen molar-refractivity contribution in [3.63, 3.8) is 0 Å². The molecule has 0 bridgehead atoms. The van der Waals surface area contributed by atoms with Gasteiger partial charge in [0.1, 0.15) is 0 Å². The summed E-state index contributed by atoms with van der Waals surface area (Å²) in [6.07, 6.45) is 2.31. The van der Waals surface area contributed by atoms with E-state index in [0.29, 0.717) is 12.0 Å². The third-order valence-electron chi connectivity index (χ3n) is 3.77. The zero-order chi connectivity index (χ0) is 14.1. The lowest BCUT2D eigenvalue weighted by Crippen LogP contribution is -2.34. The van der Waals surface area contributed by atoms with Crippen molar-refractivity contribution in [2.24, 2.45) is 0 Å². The fraction of sp³-hybridized carbons (Fsp3) is 0.250. The number of halogens is 3. The zero-order valence-corrected chi connectivity index (χ0v) is 14.7. The minimum atomic E-state index is 0.516. The van der Waals surface area contributed by atoms with Gasteiger partial charge < -0.3 is 5.32 Å². The molecule has 0 saturated heterocycles. The van der Waals surface area contributed by atoms with Gasteiger partial charge in [0.25, 0.3) is 0 Å². The molecule has 0 atom stereocenters. The van der Waals surface area contributed by atoms with Gasteiger partial charge in [-0.2, -0.15) is 0 Å². The Labute approximate surface area is 141 Å². The van der Waals surface area contributed by atoms with E-state index in [4.69, 9.17) is 11.6 Å². The van der Waals surface area contributed by atoms with Crippen molar-refractivity contribution >= 4 is 49.1 Å². The summed E-state index contributed by atoms with van der Waals surface area (Å²) in [5.74, 6) is 0.640. The molecule has 0 aromatic heterocycles. The molecule has 1 nitrogen and oxygen atoms in total. The topological polar surface area (TPSA) is 12.0 Å². The van der Waals surface area contributed by atoms with Gasteiger partial charge >= 0.3 is 0 Å². The third kappa shape index (κ3) is 3.05. The molecule has 4 heteroatoms. The fourth-order valence-corrected chi connectivity index (χ4v) is 3.77. The fourth-order valence-electron chi connectivity index (χ4n) is 2.62. The van der Waals surface area contributed by atoms with Crippen molar-refractivity contribution in [1.29, 1.82) is 0 Å². The van der Waals surface area contributed by atoms with E-state index in [1.165, 1.54) is 10.0 Å². The van der Waals surface area contributed by atoms with Crippen LogP contribution in [-0.4, -0.2) is 6.04 Å². The van der Waals surface area contributed by atoms with Gasteiger partial charge in [-0.1, -0.05) is 45.7 Å². The quantitative estimate of drug-likeness (QED) is 0.627. The van der Waals surface area contributed by atoms with Crippen LogP contribution in [0.1, 0.15) is 24.3 Å². The molecule has 0 unspecified atom stereocenters. The molecular formula is C16H14Br2ClN. The van der Waals surface area contributed by atoms with Crippen LogP contribution in [0.5, 0.6) is 0 Å². The van der Waals surface area contributed by atoms with Crippen molar-refractivity contribution in [3.8, 4) is 0 Å². The molecule has 20 heavy (non-hydrogen) atoms. The highest BCUT2D eigenvalue weighted by molar-refractivity contribution is 9.10. The molecule has 3 rings (SSSR count). The van der Waals surface area contributed by atoms with E-state index < -0.39 is 0 Å². The zero-order valence-electron chi connectivity index (χ0n) is 10.7. The molecule has 0 amide bonds. The molecule has 104 valence electrons. The maximum absolute atomic E-state index is 6.04. The predicted octanol–water partition coefficient (Wildman–Crippen LogP) is 6.22. The van der Waals surface area contributed by atoms with Gasteiger partial charge in [0, 0.05) is 20.0 Å². The van der Waals surface area contributed by atoms with E-state index in [2.05, 4.69) is 61.4 Å². The van der Waals surface area contributed by atoms with Crippen molar-refractivity contribution in [1.82, 2.24) is 0 Å². The second-order valence-electron chi connectivity index (χ2n) is 5.16. The number of rotatable bonds is 3. The molecular weight excluding hydrogens is 401 g/mol. The number of anilines is 1. The molecule has 0 heterocycles. The van der Waals surface area contributed by atoms with Crippen LogP contribution in [0, 0.1) is 0 Å². The molecule has 2 aromatic carbocycles. The van der Waals surface area contributed by atoms with Gasteiger partial charge in [-0.15, -0.1) is 0 Å². The average Bonchev–Trinajstić information content (AvgIpc) is 2.38. The monoisotopic (exact) mass is 413 g/mol. The number of benzene rings is 2. The molecule has 0 aliphatic heterocycles. The van der Waals surface area contributed by atoms with E-state index in [1.807, 2.05) is 18.2 Å². The van der Waals surface area contributed by atoms with E-state index in [1.54, 1.807) is 0 Å². The van der Waals surface area contributed by atoms with Crippen molar-refractivity contribution in [3.05, 3.63) is 62.0 Å². The van der Waals surface area contributed by atoms with Crippen LogP contribution in [0.25, 0.3) is 0 Å². The van der Waals surface area contributed by atoms with Gasteiger partial charge in [0.15, 0.2) is 0 Å². The van der Waals surface area contributed by atoms with Crippen molar-refractivity contribution in [2.45, 2.75) is 24.8 Å². The highest BCUT2D eigenvalue weighted by Gasteiger charge is 2.31. The highest BCUT2D eigenvalue weighted by atomic mass is 79.9. The van der Waals surface area contributed by atoms with Gasteiger partial charge in [-0.3, -0.25) is 0 Å². The Kier molecular flexibility index (Phi) is 4.39. The van der Waals surface area contributed by atoms with E-state index in [0.717, 1.165) is 28.0 Å². The number of hydrogen-bond acceptors (Lipinski definition) is 1. The Morgan fingerprint density at radius 2 is 1.75 bits per heavy atom. The Morgan fingerprint density at radius 3 is 2.50 bits per heavy atom. The van der Waals surface area contributed by atoms with Gasteiger partial charge in [-0.25, -0.2) is 0 Å². The molecule has 0 spiro atoms. The van der Waals surface area contributed by atoms with Crippen molar-refractivity contribution < 1.29 is 0 Å². The lowest BCUT2D eigenvalue weighted by Gasteiger charge is -2.37. The Bertz CT molecular complexity index is 624. The molecule has 1 fully saturated rings. The maximum Gasteiger partial charge on any atom is 0.0501 e. The first-order valence-corrected chi connectivity index (χ1v) is 8.56. The second kappa shape index (κ2) is 6.08. The minimum Gasteiger partial charge on any atom is -0.381 e. The molecule has 2 aromatic rings. The largest absolute Gasteiger partial charge is 0.381 e. The Hall–Kier alpha value is -0.510. The predicted molar refractivity (Wildman–Crippen MR) is 92.7 cm³/mol. The normalized spacial score (nSPS) is 21.4. The van der Waals surface area contributed by atoms with Gasteiger partial charge in [0.05, 0.1) is 5.69 Å². The smallest absolute Gasteiger partial charge is 0.0501 e. The summed E-state index contributed by atoms with van der Waals surface area (Å²) < 4.78 is 2.28. The summed E-state index contributed by atoms with van der Waals surface area (Å²) in [5, 5.41) is 4.32. The number of hydrogen-bond donors (Lipinski definition) is 1. The van der Waals surface area contributed by atoms with Gasteiger partial charge in [0.2, 0.25) is 0 Å². The summed E-state index contributed by atoms with van der Waals surface area (Å²) >= 11 is 13.2. The Morgan fingerprint density at radius 1 is 1.00 bits per heavy atom. The van der Waals surface area contributed by atoms with E-state index >= 15 is 0 Å².